The third kappa shape index (κ3) is 3.47. The molecule has 0 aromatic carbocycles. The zero-order valence-electron chi connectivity index (χ0n) is 12.1. The summed E-state index contributed by atoms with van der Waals surface area (Å²) in [5.74, 6) is -0.439. The molecule has 4 nitrogen and oxygen atoms in total. The number of amides is 1. The zero-order valence-corrected chi connectivity index (χ0v) is 12.1. The first kappa shape index (κ1) is 15.0. The van der Waals surface area contributed by atoms with Crippen LogP contribution in [-0.4, -0.2) is 35.0 Å². The summed E-state index contributed by atoms with van der Waals surface area (Å²) in [6.45, 7) is 11.3. The molecule has 1 rings (SSSR count). The van der Waals surface area contributed by atoms with Crippen molar-refractivity contribution in [1.29, 1.82) is 0 Å². The second kappa shape index (κ2) is 4.90. The van der Waals surface area contributed by atoms with Crippen molar-refractivity contribution in [2.24, 2.45) is 16.7 Å². The normalized spacial score (nSPS) is 21.2. The topological polar surface area (TPSA) is 57.6 Å². The van der Waals surface area contributed by atoms with Crippen LogP contribution in [0.2, 0.25) is 0 Å². The van der Waals surface area contributed by atoms with Crippen molar-refractivity contribution in [3.8, 4) is 0 Å². The second-order valence-electron chi connectivity index (χ2n) is 7.06. The van der Waals surface area contributed by atoms with Crippen molar-refractivity contribution in [3.63, 3.8) is 0 Å². The Morgan fingerprint density at radius 1 is 1.22 bits per heavy atom. The summed E-state index contributed by atoms with van der Waals surface area (Å²) in [5.41, 5.74) is -0.770. The van der Waals surface area contributed by atoms with E-state index in [1.807, 2.05) is 4.90 Å². The van der Waals surface area contributed by atoms with E-state index in [4.69, 9.17) is 5.11 Å². The summed E-state index contributed by atoms with van der Waals surface area (Å²) in [5, 5.41) is 9.04. The molecule has 1 atom stereocenters. The highest BCUT2D eigenvalue weighted by Gasteiger charge is 2.37. The molecule has 0 radical (unpaired) electrons. The van der Waals surface area contributed by atoms with Crippen molar-refractivity contribution in [2.45, 2.75) is 47.5 Å². The number of hydrogen-bond donors (Lipinski definition) is 1. The van der Waals surface area contributed by atoms with Gasteiger partial charge in [0.25, 0.3) is 0 Å². The van der Waals surface area contributed by atoms with Crippen LogP contribution in [0.4, 0.5) is 0 Å². The minimum absolute atomic E-state index is 0.0332. The van der Waals surface area contributed by atoms with Crippen molar-refractivity contribution in [3.05, 3.63) is 0 Å². The molecule has 1 aliphatic heterocycles. The van der Waals surface area contributed by atoms with E-state index in [-0.39, 0.29) is 17.7 Å². The Morgan fingerprint density at radius 2 is 1.78 bits per heavy atom. The van der Waals surface area contributed by atoms with Gasteiger partial charge in [0, 0.05) is 19.5 Å². The molecule has 1 fully saturated rings. The van der Waals surface area contributed by atoms with Gasteiger partial charge in [0.05, 0.1) is 5.41 Å². The predicted molar refractivity (Wildman–Crippen MR) is 70.2 cm³/mol. The lowest BCUT2D eigenvalue weighted by Crippen LogP contribution is -2.36. The van der Waals surface area contributed by atoms with Gasteiger partial charge in [-0.1, -0.05) is 20.8 Å². The van der Waals surface area contributed by atoms with Crippen LogP contribution in [0.5, 0.6) is 0 Å². The van der Waals surface area contributed by atoms with Crippen LogP contribution >= 0.6 is 0 Å². The molecule has 0 aromatic rings. The molecular weight excluding hydrogens is 230 g/mol. The Labute approximate surface area is 109 Å². The SMILES string of the molecule is CC(C)(CC(=O)N1CCC(C(C)(C)C)C1)C(=O)O. The smallest absolute Gasteiger partial charge is 0.309 e. The van der Waals surface area contributed by atoms with Crippen LogP contribution in [0.15, 0.2) is 0 Å². The minimum atomic E-state index is -0.975. The number of hydrogen-bond acceptors (Lipinski definition) is 2. The lowest BCUT2D eigenvalue weighted by atomic mass is 9.80. The number of carboxylic acids is 1. The number of carboxylic acid groups (broad SMARTS) is 1. The van der Waals surface area contributed by atoms with Crippen LogP contribution in [0, 0.1) is 16.7 Å². The van der Waals surface area contributed by atoms with Crippen LogP contribution in [-0.2, 0) is 9.59 Å². The molecule has 104 valence electrons. The van der Waals surface area contributed by atoms with E-state index in [0.717, 1.165) is 19.5 Å². The number of carbonyl (C=O) groups excluding carboxylic acids is 1. The summed E-state index contributed by atoms with van der Waals surface area (Å²) in [7, 11) is 0. The molecule has 18 heavy (non-hydrogen) atoms. The molecule has 1 aliphatic rings. The van der Waals surface area contributed by atoms with Gasteiger partial charge in [-0.15, -0.1) is 0 Å². The van der Waals surface area contributed by atoms with Gasteiger partial charge in [0.15, 0.2) is 0 Å². The largest absolute Gasteiger partial charge is 0.481 e. The fraction of sp³-hybridized carbons (Fsp3) is 0.857. The Bertz CT molecular complexity index is 341. The highest BCUT2D eigenvalue weighted by Crippen LogP contribution is 2.34. The first-order valence-electron chi connectivity index (χ1n) is 6.55. The van der Waals surface area contributed by atoms with Crippen molar-refractivity contribution in [1.82, 2.24) is 4.90 Å². The first-order chi connectivity index (χ1) is 8.04. The molecule has 1 N–H and O–H groups in total. The van der Waals surface area contributed by atoms with Crippen molar-refractivity contribution in [2.75, 3.05) is 13.1 Å². The highest BCUT2D eigenvalue weighted by molar-refractivity contribution is 5.84. The Balaban J connectivity index is 2.59. The van der Waals surface area contributed by atoms with E-state index in [2.05, 4.69) is 20.8 Å². The monoisotopic (exact) mass is 255 g/mol. The Morgan fingerprint density at radius 3 is 2.17 bits per heavy atom. The van der Waals surface area contributed by atoms with Crippen LogP contribution in [0.3, 0.4) is 0 Å². The second-order valence-corrected chi connectivity index (χ2v) is 7.06. The standard InChI is InChI=1S/C14H25NO3/c1-13(2,3)10-6-7-15(9-10)11(16)8-14(4,5)12(17)18/h10H,6-9H2,1-5H3,(H,17,18). The minimum Gasteiger partial charge on any atom is -0.481 e. The van der Waals surface area contributed by atoms with Crippen LogP contribution in [0.1, 0.15) is 47.5 Å². The number of aliphatic carboxylic acids is 1. The molecule has 1 amide bonds. The van der Waals surface area contributed by atoms with Crippen LogP contribution < -0.4 is 0 Å². The molecule has 0 spiro atoms. The Hall–Kier alpha value is -1.06. The van der Waals surface area contributed by atoms with E-state index < -0.39 is 11.4 Å². The van der Waals surface area contributed by atoms with Gasteiger partial charge in [0.1, 0.15) is 0 Å². The maximum Gasteiger partial charge on any atom is 0.309 e. The molecule has 0 saturated carbocycles. The lowest BCUT2D eigenvalue weighted by molar-refractivity contribution is -0.151. The lowest BCUT2D eigenvalue weighted by Gasteiger charge is -2.28. The molecule has 1 unspecified atom stereocenters. The number of nitrogens with zero attached hydrogens (tertiary/aromatic N) is 1. The first-order valence-corrected chi connectivity index (χ1v) is 6.55. The molecule has 4 heteroatoms. The highest BCUT2D eigenvalue weighted by atomic mass is 16.4. The third-order valence-electron chi connectivity index (χ3n) is 3.94. The van der Waals surface area contributed by atoms with Crippen LogP contribution in [0.25, 0.3) is 0 Å². The van der Waals surface area contributed by atoms with Gasteiger partial charge in [0.2, 0.25) is 5.91 Å². The van der Waals surface area contributed by atoms with Gasteiger partial charge < -0.3 is 10.0 Å². The maximum atomic E-state index is 12.1. The number of likely N-dealkylation sites (tertiary alicyclic amines) is 1. The quantitative estimate of drug-likeness (QED) is 0.842. The average Bonchev–Trinajstić information content (AvgIpc) is 2.64. The fourth-order valence-corrected chi connectivity index (χ4v) is 2.26. The van der Waals surface area contributed by atoms with E-state index in [9.17, 15) is 9.59 Å². The van der Waals surface area contributed by atoms with Gasteiger partial charge >= 0.3 is 5.97 Å². The molecule has 1 saturated heterocycles. The van der Waals surface area contributed by atoms with Gasteiger partial charge in [-0.3, -0.25) is 9.59 Å². The van der Waals surface area contributed by atoms with E-state index >= 15 is 0 Å². The molecular formula is C14H25NO3. The number of carbonyl (C=O) groups is 2. The third-order valence-corrected chi connectivity index (χ3v) is 3.94. The van der Waals surface area contributed by atoms with Crippen molar-refractivity contribution >= 4 is 11.9 Å². The average molecular weight is 255 g/mol. The van der Waals surface area contributed by atoms with E-state index in [1.54, 1.807) is 13.8 Å². The zero-order chi connectivity index (χ0) is 14.1. The van der Waals surface area contributed by atoms with E-state index in [1.165, 1.54) is 0 Å². The van der Waals surface area contributed by atoms with Gasteiger partial charge in [-0.2, -0.15) is 0 Å². The van der Waals surface area contributed by atoms with Gasteiger partial charge in [-0.25, -0.2) is 0 Å². The summed E-state index contributed by atoms with van der Waals surface area (Å²) >= 11 is 0. The van der Waals surface area contributed by atoms with Gasteiger partial charge in [-0.05, 0) is 31.6 Å². The summed E-state index contributed by atoms with van der Waals surface area (Å²) in [6, 6.07) is 0. The summed E-state index contributed by atoms with van der Waals surface area (Å²) < 4.78 is 0. The molecule has 0 bridgehead atoms. The van der Waals surface area contributed by atoms with E-state index in [0.29, 0.717) is 5.92 Å². The summed E-state index contributed by atoms with van der Waals surface area (Å²) in [6.07, 6.45) is 1.10. The molecule has 0 aliphatic carbocycles. The molecule has 1 heterocycles. The predicted octanol–water partition coefficient (Wildman–Crippen LogP) is 2.38. The fourth-order valence-electron chi connectivity index (χ4n) is 2.26. The summed E-state index contributed by atoms with van der Waals surface area (Å²) in [4.78, 5) is 24.9. The molecule has 0 aromatic heterocycles. The number of rotatable bonds is 3. The Kier molecular flexibility index (Phi) is 4.08. The maximum absolute atomic E-state index is 12.1. The van der Waals surface area contributed by atoms with Crippen molar-refractivity contribution < 1.29 is 14.7 Å².